The topological polar surface area (TPSA) is 212 Å². The number of carboxylic acids is 1. The molecule has 0 aliphatic carbocycles. The number of amides is 3. The Morgan fingerprint density at radius 3 is 2.61 bits per heavy atom. The predicted octanol–water partition coefficient (Wildman–Crippen LogP) is -0.358. The number of alkyl halides is 3. The standard InChI is InChI=1S/C22H23F3N8O6S2/c23-22(24,25)11-5-27-4-7(11)3-9(8-1-2-28-16(8)34)10-6-40-19-13(18(36)33(19)14(10)20(37)38)29-17(35)12(31-39)15-30-21(26)41-32-15/h7,11,13,19,27,39H,1-6H2,(H,28,34)(H,29,35)(H,37,38)(H2,26,30,32)/t7-,11-,13+,19+/m0/s1. The Kier molecular flexibility index (Phi) is 7.68. The molecule has 14 nitrogen and oxygen atoms in total. The molecule has 0 saturated carbocycles. The van der Waals surface area contributed by atoms with Crippen LogP contribution in [0.1, 0.15) is 18.7 Å². The number of allylic oxidation sites excluding steroid dienone is 1. The number of aromatic nitrogens is 2. The van der Waals surface area contributed by atoms with Gasteiger partial charge in [-0.3, -0.25) is 19.3 Å². The molecular weight excluding hydrogens is 593 g/mol. The average Bonchev–Trinajstić information content (AvgIpc) is 3.66. The van der Waals surface area contributed by atoms with E-state index in [9.17, 15) is 42.7 Å². The molecule has 0 unspecified atom stereocenters. The molecule has 7 N–H and O–H groups in total. The van der Waals surface area contributed by atoms with E-state index >= 15 is 0 Å². The van der Waals surface area contributed by atoms with Gasteiger partial charge >= 0.3 is 12.1 Å². The summed E-state index contributed by atoms with van der Waals surface area (Å²) in [5.41, 5.74) is 4.92. The first-order chi connectivity index (χ1) is 19.4. The number of nitrogens with two attached hydrogens (primary N) is 1. The molecule has 5 heterocycles. The van der Waals surface area contributed by atoms with Gasteiger partial charge in [-0.2, -0.15) is 22.5 Å². The second-order valence-corrected chi connectivity index (χ2v) is 11.5. The maximum absolute atomic E-state index is 13.7. The molecule has 19 heteroatoms. The van der Waals surface area contributed by atoms with Crippen molar-refractivity contribution in [3.63, 3.8) is 0 Å². The number of hydrogen-bond acceptors (Lipinski definition) is 12. The first-order valence-electron chi connectivity index (χ1n) is 12.2. The monoisotopic (exact) mass is 616 g/mol. The number of rotatable bonds is 7. The number of thioether (sulfide) groups is 1. The summed E-state index contributed by atoms with van der Waals surface area (Å²) in [7, 11) is 0. The van der Waals surface area contributed by atoms with Crippen molar-refractivity contribution in [2.75, 3.05) is 31.1 Å². The SMILES string of the molecule is Nc1nc(C(=NO)C(=O)N[C@@H]2C(=O)N3C(C(=O)O)=C(C(C[C@H]4CNC[C@@H]4C(F)(F)F)=C4CCNC4=O)CS[C@H]23)ns1. The summed E-state index contributed by atoms with van der Waals surface area (Å²) in [5.74, 6) is -6.75. The third-order valence-electron chi connectivity index (χ3n) is 7.32. The van der Waals surface area contributed by atoms with Crippen molar-refractivity contribution >= 4 is 57.8 Å². The molecule has 4 aliphatic heterocycles. The largest absolute Gasteiger partial charge is 0.477 e. The lowest BCUT2D eigenvalue weighted by Gasteiger charge is -2.49. The number of carbonyl (C=O) groups excluding carboxylic acids is 3. The van der Waals surface area contributed by atoms with Crippen molar-refractivity contribution in [2.45, 2.75) is 30.4 Å². The van der Waals surface area contributed by atoms with Crippen molar-refractivity contribution in [2.24, 2.45) is 17.0 Å². The molecule has 41 heavy (non-hydrogen) atoms. The van der Waals surface area contributed by atoms with Crippen LogP contribution in [0.2, 0.25) is 0 Å². The number of carboxylic acid groups (broad SMARTS) is 1. The lowest BCUT2D eigenvalue weighted by atomic mass is 9.83. The van der Waals surface area contributed by atoms with Gasteiger partial charge in [-0.15, -0.1) is 11.8 Å². The highest BCUT2D eigenvalue weighted by atomic mass is 32.2. The molecule has 1 aromatic rings. The summed E-state index contributed by atoms with van der Waals surface area (Å²) in [6.07, 6.45) is -4.51. The van der Waals surface area contributed by atoms with Crippen molar-refractivity contribution in [1.29, 1.82) is 0 Å². The smallest absolute Gasteiger partial charge is 0.393 e. The molecule has 0 aromatic carbocycles. The zero-order chi connectivity index (χ0) is 29.6. The van der Waals surface area contributed by atoms with Crippen LogP contribution >= 0.6 is 23.3 Å². The van der Waals surface area contributed by atoms with Crippen molar-refractivity contribution in [3.05, 3.63) is 28.2 Å². The molecule has 3 fully saturated rings. The van der Waals surface area contributed by atoms with Gasteiger partial charge in [-0.1, -0.05) is 5.16 Å². The van der Waals surface area contributed by atoms with Gasteiger partial charge in [0.1, 0.15) is 17.1 Å². The third-order valence-corrected chi connectivity index (χ3v) is 9.14. The minimum atomic E-state index is -4.49. The molecule has 1 aromatic heterocycles. The Bertz CT molecular complexity index is 1410. The highest BCUT2D eigenvalue weighted by molar-refractivity contribution is 8.00. The van der Waals surface area contributed by atoms with Crippen LogP contribution in [-0.4, -0.2) is 97.0 Å². The highest BCUT2D eigenvalue weighted by Crippen LogP contribution is 2.46. The first-order valence-corrected chi connectivity index (χ1v) is 14.1. The van der Waals surface area contributed by atoms with Crippen LogP contribution in [0.25, 0.3) is 0 Å². The second-order valence-electron chi connectivity index (χ2n) is 9.63. The fourth-order valence-corrected chi connectivity index (χ4v) is 7.23. The predicted molar refractivity (Wildman–Crippen MR) is 138 cm³/mol. The Morgan fingerprint density at radius 1 is 1.27 bits per heavy atom. The van der Waals surface area contributed by atoms with Gasteiger partial charge in [0.15, 0.2) is 5.13 Å². The first kappa shape index (κ1) is 28.8. The third kappa shape index (κ3) is 5.23. The molecule has 0 radical (unpaired) electrons. The van der Waals surface area contributed by atoms with E-state index in [0.29, 0.717) is 0 Å². The van der Waals surface area contributed by atoms with E-state index in [0.717, 1.165) is 28.2 Å². The van der Waals surface area contributed by atoms with E-state index in [1.807, 2.05) is 0 Å². The summed E-state index contributed by atoms with van der Waals surface area (Å²) >= 11 is 1.83. The number of anilines is 1. The van der Waals surface area contributed by atoms with E-state index in [4.69, 9.17) is 5.73 Å². The van der Waals surface area contributed by atoms with Gasteiger partial charge in [0.25, 0.3) is 11.8 Å². The minimum Gasteiger partial charge on any atom is -0.477 e. The lowest BCUT2D eigenvalue weighted by molar-refractivity contribution is -0.179. The minimum absolute atomic E-state index is 0.00209. The molecule has 3 amide bonds. The van der Waals surface area contributed by atoms with Crippen LogP contribution in [0.15, 0.2) is 27.6 Å². The zero-order valence-corrected chi connectivity index (χ0v) is 22.5. The Labute approximate surface area is 237 Å². The van der Waals surface area contributed by atoms with Gasteiger partial charge in [0, 0.05) is 35.9 Å². The molecule has 4 atom stereocenters. The average molecular weight is 617 g/mol. The van der Waals surface area contributed by atoms with E-state index in [-0.39, 0.29) is 65.9 Å². The Balaban J connectivity index is 1.45. The number of halogens is 3. The van der Waals surface area contributed by atoms with Crippen LogP contribution in [0, 0.1) is 11.8 Å². The van der Waals surface area contributed by atoms with Crippen LogP contribution in [-0.2, 0) is 19.2 Å². The molecular formula is C22H23F3N8O6S2. The second kappa shape index (κ2) is 10.9. The number of fused-ring (bicyclic) bond motifs is 1. The van der Waals surface area contributed by atoms with Gasteiger partial charge in [0.2, 0.25) is 17.4 Å². The fourth-order valence-electron chi connectivity index (χ4n) is 5.41. The van der Waals surface area contributed by atoms with Crippen LogP contribution in [0.5, 0.6) is 0 Å². The molecule has 0 bridgehead atoms. The van der Waals surface area contributed by atoms with Gasteiger partial charge in [-0.25, -0.2) is 4.79 Å². The summed E-state index contributed by atoms with van der Waals surface area (Å²) in [6, 6.07) is -1.21. The summed E-state index contributed by atoms with van der Waals surface area (Å²) < 4.78 is 44.9. The molecule has 220 valence electrons. The number of nitrogen functional groups attached to an aromatic ring is 1. The van der Waals surface area contributed by atoms with Crippen LogP contribution in [0.3, 0.4) is 0 Å². The van der Waals surface area contributed by atoms with E-state index in [1.54, 1.807) is 0 Å². The van der Waals surface area contributed by atoms with Crippen LogP contribution in [0.4, 0.5) is 18.3 Å². The van der Waals surface area contributed by atoms with Crippen molar-refractivity contribution in [3.8, 4) is 0 Å². The summed E-state index contributed by atoms with van der Waals surface area (Å²) in [6.45, 7) is -0.0164. The maximum atomic E-state index is 13.7. The van der Waals surface area contributed by atoms with Gasteiger partial charge in [-0.05, 0) is 36.5 Å². The molecule has 4 aliphatic rings. The number of β-lactam (4-membered cyclic amide) rings is 1. The van der Waals surface area contributed by atoms with Crippen LogP contribution < -0.4 is 21.7 Å². The lowest BCUT2D eigenvalue weighted by Crippen LogP contribution is -2.71. The molecule has 3 saturated heterocycles. The van der Waals surface area contributed by atoms with E-state index in [2.05, 4.69) is 30.5 Å². The number of nitrogens with zero attached hydrogens (tertiary/aromatic N) is 4. The van der Waals surface area contributed by atoms with E-state index in [1.165, 1.54) is 0 Å². The maximum Gasteiger partial charge on any atom is 0.393 e. The quantitative estimate of drug-likeness (QED) is 0.0765. The van der Waals surface area contributed by atoms with Crippen molar-refractivity contribution < 1.29 is 42.7 Å². The zero-order valence-electron chi connectivity index (χ0n) is 20.9. The highest BCUT2D eigenvalue weighted by Gasteiger charge is 2.55. The summed E-state index contributed by atoms with van der Waals surface area (Å²) in [5, 5.41) is 29.2. The summed E-state index contributed by atoms with van der Waals surface area (Å²) in [4.78, 5) is 55.7. The Morgan fingerprint density at radius 2 is 2.02 bits per heavy atom. The number of oxime groups is 1. The van der Waals surface area contributed by atoms with E-state index < -0.39 is 64.5 Å². The number of nitrogens with one attached hydrogen (secondary N) is 3. The normalized spacial score (nSPS) is 27.9. The number of carbonyl (C=O) groups is 4. The number of hydrogen-bond donors (Lipinski definition) is 6. The molecule has 5 rings (SSSR count). The fraction of sp³-hybridized carbons (Fsp3) is 0.500. The Hall–Kier alpha value is -3.71. The van der Waals surface area contributed by atoms with Crippen molar-refractivity contribution in [1.82, 2.24) is 30.2 Å². The van der Waals surface area contributed by atoms with Gasteiger partial charge < -0.3 is 32.0 Å². The molecule has 0 spiro atoms. The number of aliphatic carboxylic acids is 1. The van der Waals surface area contributed by atoms with Gasteiger partial charge in [0.05, 0.1) is 5.92 Å².